The molecule has 0 aliphatic carbocycles. The second kappa shape index (κ2) is 11.1. The first kappa shape index (κ1) is 22.3. The normalized spacial score (nSPS) is 10.6. The Morgan fingerprint density at radius 3 is 1.52 bits per heavy atom. The number of hydrogen-bond donors (Lipinski definition) is 2. The van der Waals surface area contributed by atoms with Crippen molar-refractivity contribution in [1.82, 2.24) is 10.2 Å². The van der Waals surface area contributed by atoms with E-state index in [1.807, 2.05) is 48.5 Å². The van der Waals surface area contributed by atoms with Crippen molar-refractivity contribution < 1.29 is 9.59 Å². The Morgan fingerprint density at radius 1 is 0.759 bits per heavy atom. The summed E-state index contributed by atoms with van der Waals surface area (Å²) in [5.41, 5.74) is 1.48. The number of halogens is 2. The lowest BCUT2D eigenvalue weighted by atomic mass is 10.3. The molecule has 2 aromatic carbocycles. The number of nitrogens with zero attached hydrogens (tertiary/aromatic N) is 2. The van der Waals surface area contributed by atoms with E-state index in [1.165, 1.54) is 34.9 Å². The highest BCUT2D eigenvalue weighted by molar-refractivity contribution is 9.10. The van der Waals surface area contributed by atoms with Gasteiger partial charge < -0.3 is 10.6 Å². The van der Waals surface area contributed by atoms with Gasteiger partial charge in [0.1, 0.15) is 0 Å². The summed E-state index contributed by atoms with van der Waals surface area (Å²) >= 11 is 10.7. The van der Waals surface area contributed by atoms with Gasteiger partial charge in [-0.05, 0) is 48.5 Å². The smallest absolute Gasteiger partial charge is 0.234 e. The highest BCUT2D eigenvalue weighted by atomic mass is 79.9. The third-order valence-electron chi connectivity index (χ3n) is 3.30. The van der Waals surface area contributed by atoms with Crippen molar-refractivity contribution in [2.24, 2.45) is 0 Å². The Bertz CT molecular complexity index is 904. The maximum absolute atomic E-state index is 12.0. The van der Waals surface area contributed by atoms with Gasteiger partial charge >= 0.3 is 0 Å². The summed E-state index contributed by atoms with van der Waals surface area (Å²) in [6.07, 6.45) is 0. The third kappa shape index (κ3) is 7.74. The topological polar surface area (TPSA) is 84.0 Å². The number of aromatic nitrogens is 2. The molecule has 0 spiro atoms. The predicted octanol–water partition coefficient (Wildman–Crippen LogP) is 5.52. The van der Waals surface area contributed by atoms with Crippen LogP contribution in [0, 0.1) is 0 Å². The lowest BCUT2D eigenvalue weighted by Crippen LogP contribution is -2.13. The number of anilines is 2. The average molecular weight is 574 g/mol. The molecule has 0 saturated heterocycles. The molecule has 29 heavy (non-hydrogen) atoms. The van der Waals surface area contributed by atoms with Crippen LogP contribution in [0.3, 0.4) is 0 Å². The Hall–Kier alpha value is -1.40. The molecule has 0 aliphatic rings. The molecule has 11 heteroatoms. The molecule has 0 aliphatic heterocycles. The SMILES string of the molecule is O=C(CSc1nnc(SCC(=O)Nc2ccc(Br)cc2)s1)Nc1ccc(Br)cc1. The summed E-state index contributed by atoms with van der Waals surface area (Å²) in [7, 11) is 0. The van der Waals surface area contributed by atoms with Crippen LogP contribution in [-0.4, -0.2) is 33.5 Å². The number of nitrogens with one attached hydrogen (secondary N) is 2. The maximum atomic E-state index is 12.0. The number of carbonyl (C=O) groups is 2. The quantitative estimate of drug-likeness (QED) is 0.345. The second-order valence-corrected chi connectivity index (χ2v) is 10.8. The van der Waals surface area contributed by atoms with Crippen LogP contribution in [0.4, 0.5) is 11.4 Å². The summed E-state index contributed by atoms with van der Waals surface area (Å²) in [5.74, 6) is 0.241. The number of hydrogen-bond acceptors (Lipinski definition) is 7. The highest BCUT2D eigenvalue weighted by Gasteiger charge is 2.11. The van der Waals surface area contributed by atoms with E-state index in [9.17, 15) is 9.59 Å². The lowest BCUT2D eigenvalue weighted by Gasteiger charge is -2.04. The molecule has 3 aromatic rings. The number of benzene rings is 2. The fraction of sp³-hybridized carbons (Fsp3) is 0.111. The van der Waals surface area contributed by atoms with Gasteiger partial charge in [-0.1, -0.05) is 66.7 Å². The molecule has 2 N–H and O–H groups in total. The second-order valence-electron chi connectivity index (χ2n) is 5.52. The summed E-state index contributed by atoms with van der Waals surface area (Å²) in [4.78, 5) is 24.1. The first-order valence-corrected chi connectivity index (χ1v) is 12.6. The third-order valence-corrected chi connectivity index (χ3v) is 7.54. The van der Waals surface area contributed by atoms with E-state index in [0.717, 1.165) is 20.3 Å². The molecule has 6 nitrogen and oxygen atoms in total. The first-order valence-electron chi connectivity index (χ1n) is 8.18. The molecule has 0 bridgehead atoms. The Balaban J connectivity index is 1.40. The van der Waals surface area contributed by atoms with Crippen molar-refractivity contribution in [1.29, 1.82) is 0 Å². The van der Waals surface area contributed by atoms with Crippen molar-refractivity contribution in [2.45, 2.75) is 8.68 Å². The molecule has 0 fully saturated rings. The monoisotopic (exact) mass is 572 g/mol. The summed E-state index contributed by atoms with van der Waals surface area (Å²) < 4.78 is 3.28. The van der Waals surface area contributed by atoms with E-state index < -0.39 is 0 Å². The minimum atomic E-state index is -0.115. The molecule has 1 aromatic heterocycles. The Kier molecular flexibility index (Phi) is 8.54. The molecule has 0 unspecified atom stereocenters. The number of rotatable bonds is 8. The molecule has 1 heterocycles. The number of amides is 2. The van der Waals surface area contributed by atoms with E-state index >= 15 is 0 Å². The fourth-order valence-corrected chi connectivity index (χ4v) is 5.18. The van der Waals surface area contributed by atoms with Crippen LogP contribution in [0.1, 0.15) is 0 Å². The van der Waals surface area contributed by atoms with Crippen LogP contribution in [0.25, 0.3) is 0 Å². The molecule has 0 saturated carbocycles. The molecule has 3 rings (SSSR count). The molecule has 0 atom stereocenters. The van der Waals surface area contributed by atoms with Crippen LogP contribution in [0.5, 0.6) is 0 Å². The van der Waals surface area contributed by atoms with Gasteiger partial charge in [0, 0.05) is 20.3 Å². The molecular weight excluding hydrogens is 560 g/mol. The predicted molar refractivity (Wildman–Crippen MR) is 127 cm³/mol. The molecule has 2 amide bonds. The van der Waals surface area contributed by atoms with E-state index in [4.69, 9.17) is 0 Å². The van der Waals surface area contributed by atoms with E-state index in [2.05, 4.69) is 52.7 Å². The fourth-order valence-electron chi connectivity index (χ4n) is 2.03. The molecular formula is C18H14Br2N4O2S3. The maximum Gasteiger partial charge on any atom is 0.234 e. The lowest BCUT2D eigenvalue weighted by molar-refractivity contribution is -0.114. The van der Waals surface area contributed by atoms with Crippen molar-refractivity contribution >= 4 is 89.9 Å². The average Bonchev–Trinajstić information content (AvgIpc) is 3.16. The molecule has 150 valence electrons. The van der Waals surface area contributed by atoms with Gasteiger partial charge in [0.2, 0.25) is 11.8 Å². The van der Waals surface area contributed by atoms with E-state index in [-0.39, 0.29) is 23.3 Å². The zero-order chi connectivity index (χ0) is 20.6. The van der Waals surface area contributed by atoms with Crippen LogP contribution >= 0.6 is 66.7 Å². The minimum absolute atomic E-state index is 0.115. The zero-order valence-electron chi connectivity index (χ0n) is 14.7. The summed E-state index contributed by atoms with van der Waals surface area (Å²) in [6.45, 7) is 0. The highest BCUT2D eigenvalue weighted by Crippen LogP contribution is 2.29. The summed E-state index contributed by atoms with van der Waals surface area (Å²) in [6, 6.07) is 14.8. The van der Waals surface area contributed by atoms with Gasteiger partial charge in [0.05, 0.1) is 11.5 Å². The standard InChI is InChI=1S/C18H14Br2N4O2S3/c19-11-1-5-13(6-2-11)21-15(25)9-27-17-23-24-18(29-17)28-10-16(26)22-14-7-3-12(20)4-8-14/h1-8H,9-10H2,(H,21,25)(H,22,26). The van der Waals surface area contributed by atoms with Crippen molar-refractivity contribution in [3.05, 3.63) is 57.5 Å². The summed E-state index contributed by atoms with van der Waals surface area (Å²) in [5, 5.41) is 13.8. The number of thioether (sulfide) groups is 2. The van der Waals surface area contributed by atoms with Gasteiger partial charge in [-0.25, -0.2) is 0 Å². The van der Waals surface area contributed by atoms with Gasteiger partial charge in [-0.15, -0.1) is 10.2 Å². The van der Waals surface area contributed by atoms with Crippen LogP contribution in [0.2, 0.25) is 0 Å². The Labute approximate surface area is 196 Å². The van der Waals surface area contributed by atoms with Gasteiger partial charge in [-0.2, -0.15) is 0 Å². The van der Waals surface area contributed by atoms with Gasteiger partial charge in [0.25, 0.3) is 0 Å². The minimum Gasteiger partial charge on any atom is -0.325 e. The molecule has 0 radical (unpaired) electrons. The van der Waals surface area contributed by atoms with Crippen molar-refractivity contribution in [3.8, 4) is 0 Å². The zero-order valence-corrected chi connectivity index (χ0v) is 20.3. The van der Waals surface area contributed by atoms with Gasteiger partial charge in [0.15, 0.2) is 8.68 Å². The van der Waals surface area contributed by atoms with Crippen molar-refractivity contribution in [3.63, 3.8) is 0 Å². The van der Waals surface area contributed by atoms with E-state index in [1.54, 1.807) is 0 Å². The van der Waals surface area contributed by atoms with Crippen LogP contribution in [-0.2, 0) is 9.59 Å². The van der Waals surface area contributed by atoms with Gasteiger partial charge in [-0.3, -0.25) is 9.59 Å². The van der Waals surface area contributed by atoms with Crippen LogP contribution < -0.4 is 10.6 Å². The number of carbonyl (C=O) groups excluding carboxylic acids is 2. The Morgan fingerprint density at radius 2 is 1.14 bits per heavy atom. The van der Waals surface area contributed by atoms with Crippen LogP contribution in [0.15, 0.2) is 66.2 Å². The van der Waals surface area contributed by atoms with E-state index in [0.29, 0.717) is 8.68 Å². The van der Waals surface area contributed by atoms with Crippen molar-refractivity contribution in [2.75, 3.05) is 22.1 Å². The first-order chi connectivity index (χ1) is 14.0. The largest absolute Gasteiger partial charge is 0.325 e.